The molecular weight excluding hydrogens is 295 g/mol. The zero-order valence-corrected chi connectivity index (χ0v) is 10.8. The average Bonchev–Trinajstić information content (AvgIpc) is 2.35. The number of aliphatic hydroxyl groups is 1. The Labute approximate surface area is 116 Å². The molecule has 0 aliphatic rings. The van der Waals surface area contributed by atoms with Crippen molar-refractivity contribution in [3.8, 4) is 5.75 Å². The van der Waals surface area contributed by atoms with Crippen LogP contribution in [0, 0.1) is 0 Å². The topological polar surface area (TPSA) is 29.5 Å². The first-order chi connectivity index (χ1) is 9.69. The number of ether oxygens (including phenoxy) is 1. The monoisotopic (exact) mass is 306 g/mol. The highest BCUT2D eigenvalue weighted by atomic mass is 19.4. The van der Waals surface area contributed by atoms with E-state index in [0.29, 0.717) is 10.9 Å². The van der Waals surface area contributed by atoms with E-state index in [1.54, 1.807) is 0 Å². The van der Waals surface area contributed by atoms with E-state index in [4.69, 9.17) is 0 Å². The number of halogens is 5. The van der Waals surface area contributed by atoms with Crippen molar-refractivity contribution in [2.75, 3.05) is 0 Å². The van der Waals surface area contributed by atoms with Gasteiger partial charge in [-0.25, -0.2) is 8.78 Å². The molecule has 21 heavy (non-hydrogen) atoms. The van der Waals surface area contributed by atoms with Crippen molar-refractivity contribution < 1.29 is 31.8 Å². The molecule has 0 aliphatic heterocycles. The third-order valence-corrected chi connectivity index (χ3v) is 2.97. The number of aliphatic hydroxyl groups excluding tert-OH is 1. The number of alkyl halides is 5. The summed E-state index contributed by atoms with van der Waals surface area (Å²) in [4.78, 5) is 0. The summed E-state index contributed by atoms with van der Waals surface area (Å²) in [6.07, 6.45) is -9.12. The molecule has 0 aliphatic carbocycles. The quantitative estimate of drug-likeness (QED) is 0.831. The van der Waals surface area contributed by atoms with Gasteiger partial charge < -0.3 is 9.84 Å². The van der Waals surface area contributed by atoms with Gasteiger partial charge in [-0.15, -0.1) is 13.2 Å². The van der Waals surface area contributed by atoms with Gasteiger partial charge in [-0.1, -0.05) is 18.2 Å². The Morgan fingerprint density at radius 2 is 1.71 bits per heavy atom. The van der Waals surface area contributed by atoms with Crippen molar-refractivity contribution in [2.24, 2.45) is 0 Å². The SMILES string of the molecule is CC(O)c1ccc2ccc(OC(F)(F)F)c(C(F)F)c2c1. The van der Waals surface area contributed by atoms with Gasteiger partial charge in [0.25, 0.3) is 6.43 Å². The van der Waals surface area contributed by atoms with Gasteiger partial charge >= 0.3 is 6.36 Å². The fourth-order valence-electron chi connectivity index (χ4n) is 2.04. The molecule has 1 unspecified atom stereocenters. The van der Waals surface area contributed by atoms with Gasteiger partial charge in [-0.05, 0) is 35.4 Å². The lowest BCUT2D eigenvalue weighted by Crippen LogP contribution is -2.18. The highest BCUT2D eigenvalue weighted by molar-refractivity contribution is 5.88. The summed E-state index contributed by atoms with van der Waals surface area (Å²) in [5.41, 5.74) is -0.513. The molecule has 2 aromatic rings. The van der Waals surface area contributed by atoms with Crippen molar-refractivity contribution >= 4 is 10.8 Å². The Hall–Kier alpha value is -1.89. The molecule has 0 spiro atoms. The second-order valence-electron chi connectivity index (χ2n) is 4.48. The first-order valence-electron chi connectivity index (χ1n) is 5.97. The lowest BCUT2D eigenvalue weighted by atomic mass is 9.99. The minimum atomic E-state index is -5.06. The van der Waals surface area contributed by atoms with Crippen molar-refractivity contribution in [1.29, 1.82) is 0 Å². The van der Waals surface area contributed by atoms with Crippen molar-refractivity contribution in [3.05, 3.63) is 41.5 Å². The van der Waals surface area contributed by atoms with Crippen LogP contribution >= 0.6 is 0 Å². The lowest BCUT2D eigenvalue weighted by Gasteiger charge is -2.16. The first kappa shape index (κ1) is 15.5. The lowest BCUT2D eigenvalue weighted by molar-refractivity contribution is -0.275. The van der Waals surface area contributed by atoms with Crippen LogP contribution in [0.15, 0.2) is 30.3 Å². The molecule has 0 aromatic heterocycles. The van der Waals surface area contributed by atoms with Gasteiger partial charge in [-0.3, -0.25) is 0 Å². The summed E-state index contributed by atoms with van der Waals surface area (Å²) < 4.78 is 66.8. The summed E-state index contributed by atoms with van der Waals surface area (Å²) in [6, 6.07) is 6.34. The van der Waals surface area contributed by atoms with Gasteiger partial charge in [0.1, 0.15) is 5.75 Å². The van der Waals surface area contributed by atoms with Crippen LogP contribution in [0.5, 0.6) is 5.75 Å². The molecule has 0 bridgehead atoms. The molecule has 0 saturated carbocycles. The van der Waals surface area contributed by atoms with Crippen molar-refractivity contribution in [2.45, 2.75) is 25.8 Å². The van der Waals surface area contributed by atoms with Crippen LogP contribution in [-0.4, -0.2) is 11.5 Å². The van der Waals surface area contributed by atoms with Crippen molar-refractivity contribution in [1.82, 2.24) is 0 Å². The molecule has 0 saturated heterocycles. The molecule has 0 amide bonds. The van der Waals surface area contributed by atoms with Crippen LogP contribution in [0.25, 0.3) is 10.8 Å². The van der Waals surface area contributed by atoms with Crippen LogP contribution in [0.1, 0.15) is 30.6 Å². The van der Waals surface area contributed by atoms with Gasteiger partial charge in [-0.2, -0.15) is 0 Å². The highest BCUT2D eigenvalue weighted by Crippen LogP contribution is 2.39. The summed E-state index contributed by atoms with van der Waals surface area (Å²) in [7, 11) is 0. The molecule has 2 rings (SSSR count). The number of rotatable bonds is 3. The van der Waals surface area contributed by atoms with Crippen LogP contribution in [-0.2, 0) is 0 Å². The van der Waals surface area contributed by atoms with Gasteiger partial charge in [0.2, 0.25) is 0 Å². The van der Waals surface area contributed by atoms with Gasteiger partial charge in [0, 0.05) is 0 Å². The normalized spacial score (nSPS) is 13.7. The van der Waals surface area contributed by atoms with Crippen LogP contribution in [0.2, 0.25) is 0 Å². The zero-order chi connectivity index (χ0) is 15.8. The predicted octanol–water partition coefficient (Wildman–Crippen LogP) is 4.73. The van der Waals surface area contributed by atoms with Gasteiger partial charge in [0.15, 0.2) is 0 Å². The molecule has 0 radical (unpaired) electrons. The minimum absolute atomic E-state index is 0.0786. The smallest absolute Gasteiger partial charge is 0.405 e. The van der Waals surface area contributed by atoms with E-state index >= 15 is 0 Å². The zero-order valence-electron chi connectivity index (χ0n) is 10.8. The average molecular weight is 306 g/mol. The molecule has 2 aromatic carbocycles. The molecule has 1 N–H and O–H groups in total. The van der Waals surface area contributed by atoms with Crippen LogP contribution in [0.3, 0.4) is 0 Å². The summed E-state index contributed by atoms with van der Waals surface area (Å²) in [6.45, 7) is 1.43. The third-order valence-electron chi connectivity index (χ3n) is 2.97. The minimum Gasteiger partial charge on any atom is -0.405 e. The highest BCUT2D eigenvalue weighted by Gasteiger charge is 2.33. The second kappa shape index (κ2) is 5.48. The number of fused-ring (bicyclic) bond motifs is 1. The van der Waals surface area contributed by atoms with E-state index < -0.39 is 30.2 Å². The van der Waals surface area contributed by atoms with E-state index in [2.05, 4.69) is 4.74 Å². The van der Waals surface area contributed by atoms with Crippen molar-refractivity contribution in [3.63, 3.8) is 0 Å². The Bertz CT molecular complexity index is 650. The fourth-order valence-corrected chi connectivity index (χ4v) is 2.04. The van der Waals surface area contributed by atoms with Gasteiger partial charge in [0.05, 0.1) is 11.7 Å². The molecule has 0 fully saturated rings. The Morgan fingerprint density at radius 1 is 1.10 bits per heavy atom. The maximum Gasteiger partial charge on any atom is 0.573 e. The van der Waals surface area contributed by atoms with E-state index in [1.165, 1.54) is 31.2 Å². The Morgan fingerprint density at radius 3 is 2.24 bits per heavy atom. The first-order valence-corrected chi connectivity index (χ1v) is 5.97. The summed E-state index contributed by atoms with van der Waals surface area (Å²) >= 11 is 0. The summed E-state index contributed by atoms with van der Waals surface area (Å²) in [5.74, 6) is -0.937. The molecule has 114 valence electrons. The van der Waals surface area contributed by atoms with Crippen LogP contribution in [0.4, 0.5) is 22.0 Å². The van der Waals surface area contributed by atoms with Crippen LogP contribution < -0.4 is 4.74 Å². The number of hydrogen-bond acceptors (Lipinski definition) is 2. The maximum atomic E-state index is 13.2. The maximum absolute atomic E-state index is 13.2. The van der Waals surface area contributed by atoms with E-state index in [-0.39, 0.29) is 5.39 Å². The number of benzene rings is 2. The van der Waals surface area contributed by atoms with E-state index in [1.807, 2.05) is 0 Å². The summed E-state index contributed by atoms with van der Waals surface area (Å²) in [5, 5.41) is 9.73. The molecule has 0 heterocycles. The Balaban J connectivity index is 2.68. The molecule has 2 nitrogen and oxygen atoms in total. The predicted molar refractivity (Wildman–Crippen MR) is 66.2 cm³/mol. The molecule has 7 heteroatoms. The van der Waals surface area contributed by atoms with E-state index in [9.17, 15) is 27.1 Å². The standard InChI is InChI=1S/C14H11F5O2/c1-7(20)9-3-2-8-4-5-11(21-14(17,18)19)12(13(15)16)10(8)6-9/h2-7,13,20H,1H3. The fraction of sp³-hybridized carbons (Fsp3) is 0.286. The molecular formula is C14H11F5O2. The second-order valence-corrected chi connectivity index (χ2v) is 4.48. The van der Waals surface area contributed by atoms with E-state index in [0.717, 1.165) is 6.07 Å². The molecule has 1 atom stereocenters. The largest absolute Gasteiger partial charge is 0.573 e. The third kappa shape index (κ3) is 3.41. The Kier molecular flexibility index (Phi) is 4.04. The number of hydrogen-bond donors (Lipinski definition) is 1.